The fourth-order valence-electron chi connectivity index (χ4n) is 0.287. The molecule has 0 aliphatic carbocycles. The summed E-state index contributed by atoms with van der Waals surface area (Å²) >= 11 is 0. The molecular formula is C4H9N2O2. The molecule has 0 aromatic heterocycles. The maximum atomic E-state index is 9.56. The van der Waals surface area contributed by atoms with Gasteiger partial charge in [-0.15, -0.1) is 0 Å². The highest BCUT2D eigenvalue weighted by atomic mass is 16.6. The van der Waals surface area contributed by atoms with Crippen molar-refractivity contribution in [2.24, 2.45) is 5.90 Å². The molecule has 8 heavy (non-hydrogen) atoms. The lowest BCUT2D eigenvalue weighted by Crippen LogP contribution is -2.30. The number of nitrogens with one attached hydrogen (secondary N) is 1. The summed E-state index contributed by atoms with van der Waals surface area (Å²) < 4.78 is 0. The van der Waals surface area contributed by atoms with Gasteiger partial charge in [-0.3, -0.25) is 4.79 Å². The Morgan fingerprint density at radius 2 is 2.62 bits per heavy atom. The van der Waals surface area contributed by atoms with E-state index in [2.05, 4.69) is 16.1 Å². The second-order valence-electron chi connectivity index (χ2n) is 1.48. The maximum Gasteiger partial charge on any atom is 0.309 e. The Labute approximate surface area is 48.0 Å². The van der Waals surface area contributed by atoms with Crippen LogP contribution in [0.2, 0.25) is 0 Å². The molecule has 3 N–H and O–H groups in total. The van der Waals surface area contributed by atoms with Crippen molar-refractivity contribution >= 4 is 6.41 Å². The molecule has 4 heteroatoms. The minimum Gasteiger partial charge on any atom is -0.343 e. The summed E-state index contributed by atoms with van der Waals surface area (Å²) in [6, 6.07) is -0.0579. The Balaban J connectivity index is 3.03. The largest absolute Gasteiger partial charge is 0.343 e. The summed E-state index contributed by atoms with van der Waals surface area (Å²) in [6.07, 6.45) is 1.52. The first-order valence-corrected chi connectivity index (χ1v) is 2.25. The molecular weight excluding hydrogens is 108 g/mol. The quantitative estimate of drug-likeness (QED) is 0.363. The summed E-state index contributed by atoms with van der Waals surface area (Å²) in [5.41, 5.74) is 0. The van der Waals surface area contributed by atoms with Crippen LogP contribution in [-0.2, 0) is 9.63 Å². The van der Waals surface area contributed by atoms with E-state index in [4.69, 9.17) is 0 Å². The molecule has 4 nitrogen and oxygen atoms in total. The van der Waals surface area contributed by atoms with Crippen molar-refractivity contribution < 1.29 is 9.63 Å². The minimum absolute atomic E-state index is 0.0579. The second-order valence-corrected chi connectivity index (χ2v) is 1.48. The van der Waals surface area contributed by atoms with E-state index in [1.54, 1.807) is 6.92 Å². The van der Waals surface area contributed by atoms with E-state index < -0.39 is 0 Å². The molecule has 0 spiro atoms. The van der Waals surface area contributed by atoms with Crippen LogP contribution in [0.4, 0.5) is 0 Å². The van der Waals surface area contributed by atoms with Gasteiger partial charge in [0, 0.05) is 0 Å². The van der Waals surface area contributed by atoms with Gasteiger partial charge in [0.15, 0.2) is 0 Å². The van der Waals surface area contributed by atoms with Crippen LogP contribution in [0.3, 0.4) is 0 Å². The van der Waals surface area contributed by atoms with E-state index >= 15 is 0 Å². The third kappa shape index (κ3) is 3.58. The summed E-state index contributed by atoms with van der Waals surface area (Å²) in [5.74, 6) is 4.69. The number of rotatable bonds is 4. The SMILES string of the molecule is CC(CON)N[C]=O. The van der Waals surface area contributed by atoms with Crippen LogP contribution in [-0.4, -0.2) is 19.1 Å². The van der Waals surface area contributed by atoms with Crippen LogP contribution in [0.25, 0.3) is 0 Å². The zero-order valence-corrected chi connectivity index (χ0v) is 4.68. The molecule has 0 rings (SSSR count). The third-order valence-electron chi connectivity index (χ3n) is 0.652. The van der Waals surface area contributed by atoms with Gasteiger partial charge in [0.2, 0.25) is 0 Å². The average molecular weight is 117 g/mol. The Kier molecular flexibility index (Phi) is 4.20. The first kappa shape index (κ1) is 7.39. The number of hydrogen-bond acceptors (Lipinski definition) is 3. The lowest BCUT2D eigenvalue weighted by atomic mass is 10.4. The van der Waals surface area contributed by atoms with E-state index in [0.717, 1.165) is 0 Å². The second kappa shape index (κ2) is 4.55. The highest BCUT2D eigenvalue weighted by Gasteiger charge is 1.95. The zero-order chi connectivity index (χ0) is 6.41. The Morgan fingerprint density at radius 1 is 2.00 bits per heavy atom. The number of hydrogen-bond donors (Lipinski definition) is 2. The highest BCUT2D eigenvalue weighted by Crippen LogP contribution is 1.75. The van der Waals surface area contributed by atoms with E-state index in [-0.39, 0.29) is 6.04 Å². The first-order valence-electron chi connectivity index (χ1n) is 2.25. The molecule has 0 aromatic rings. The topological polar surface area (TPSA) is 64.3 Å². The molecule has 1 atom stereocenters. The molecule has 1 amide bonds. The molecule has 47 valence electrons. The van der Waals surface area contributed by atoms with Gasteiger partial charge < -0.3 is 10.2 Å². The number of carbonyl (C=O) groups excluding carboxylic acids is 1. The molecule has 0 fully saturated rings. The lowest BCUT2D eigenvalue weighted by Gasteiger charge is -2.04. The summed E-state index contributed by atoms with van der Waals surface area (Å²) in [7, 11) is 0. The van der Waals surface area contributed by atoms with Gasteiger partial charge in [-0.1, -0.05) is 0 Å². The van der Waals surface area contributed by atoms with E-state index in [9.17, 15) is 4.79 Å². The van der Waals surface area contributed by atoms with Gasteiger partial charge in [0.25, 0.3) is 0 Å². The van der Waals surface area contributed by atoms with Crippen LogP contribution in [0.15, 0.2) is 0 Å². The minimum atomic E-state index is -0.0579. The van der Waals surface area contributed by atoms with Gasteiger partial charge in [0.05, 0.1) is 12.6 Å². The molecule has 0 bridgehead atoms. The van der Waals surface area contributed by atoms with Crippen molar-refractivity contribution in [1.82, 2.24) is 5.32 Å². The monoisotopic (exact) mass is 117 g/mol. The smallest absolute Gasteiger partial charge is 0.309 e. The van der Waals surface area contributed by atoms with Gasteiger partial charge in [-0.05, 0) is 6.92 Å². The Hall–Kier alpha value is -0.610. The number of amides is 1. The van der Waals surface area contributed by atoms with Gasteiger partial charge in [-0.2, -0.15) is 0 Å². The van der Waals surface area contributed by atoms with Crippen molar-refractivity contribution in [3.05, 3.63) is 0 Å². The van der Waals surface area contributed by atoms with Crippen molar-refractivity contribution in [2.45, 2.75) is 13.0 Å². The van der Waals surface area contributed by atoms with Crippen molar-refractivity contribution in [3.63, 3.8) is 0 Å². The summed E-state index contributed by atoms with van der Waals surface area (Å²) in [4.78, 5) is 13.8. The normalized spacial score (nSPS) is 12.8. The Morgan fingerprint density at radius 3 is 3.00 bits per heavy atom. The predicted molar refractivity (Wildman–Crippen MR) is 28.4 cm³/mol. The maximum absolute atomic E-state index is 9.56. The summed E-state index contributed by atoms with van der Waals surface area (Å²) in [6.45, 7) is 2.08. The molecule has 0 aliphatic rings. The van der Waals surface area contributed by atoms with E-state index in [1.165, 1.54) is 6.41 Å². The van der Waals surface area contributed by atoms with Crippen molar-refractivity contribution in [3.8, 4) is 0 Å². The van der Waals surface area contributed by atoms with Crippen molar-refractivity contribution in [1.29, 1.82) is 0 Å². The first-order chi connectivity index (χ1) is 3.81. The van der Waals surface area contributed by atoms with Crippen LogP contribution in [0, 0.1) is 0 Å². The molecule has 0 saturated heterocycles. The summed E-state index contributed by atoms with van der Waals surface area (Å²) in [5, 5.41) is 2.34. The molecule has 0 aromatic carbocycles. The van der Waals surface area contributed by atoms with Gasteiger partial charge in [0.1, 0.15) is 0 Å². The lowest BCUT2D eigenvalue weighted by molar-refractivity contribution is 0.123. The molecule has 1 radical (unpaired) electrons. The standard InChI is InChI=1S/C4H9N2O2/c1-4(2-8-5)6-3-7/h4H,2,5H2,1H3,(H,6,7). The average Bonchev–Trinajstić information content (AvgIpc) is 1.68. The molecule has 0 saturated carbocycles. The fraction of sp³-hybridized carbons (Fsp3) is 0.750. The number of nitrogens with two attached hydrogens (primary N) is 1. The van der Waals surface area contributed by atoms with E-state index in [1.807, 2.05) is 0 Å². The highest BCUT2D eigenvalue weighted by molar-refractivity contribution is 5.47. The predicted octanol–water partition coefficient (Wildman–Crippen LogP) is -1.08. The van der Waals surface area contributed by atoms with E-state index in [0.29, 0.717) is 6.61 Å². The van der Waals surface area contributed by atoms with Gasteiger partial charge in [-0.25, -0.2) is 5.90 Å². The molecule has 0 aliphatic heterocycles. The molecule has 0 heterocycles. The van der Waals surface area contributed by atoms with Crippen LogP contribution >= 0.6 is 0 Å². The molecule has 1 unspecified atom stereocenters. The van der Waals surface area contributed by atoms with Crippen LogP contribution in [0.1, 0.15) is 6.92 Å². The zero-order valence-electron chi connectivity index (χ0n) is 4.68. The Bertz CT molecular complexity index is 67.1. The van der Waals surface area contributed by atoms with Crippen LogP contribution < -0.4 is 11.2 Å². The van der Waals surface area contributed by atoms with Crippen LogP contribution in [0.5, 0.6) is 0 Å². The fourth-order valence-corrected chi connectivity index (χ4v) is 0.287. The third-order valence-corrected chi connectivity index (χ3v) is 0.652. The van der Waals surface area contributed by atoms with Crippen molar-refractivity contribution in [2.75, 3.05) is 6.61 Å². The van der Waals surface area contributed by atoms with Gasteiger partial charge >= 0.3 is 6.41 Å².